The van der Waals surface area contributed by atoms with Crippen LogP contribution in [0.1, 0.15) is 52.5 Å². The summed E-state index contributed by atoms with van der Waals surface area (Å²) in [5, 5.41) is 21.2. The van der Waals surface area contributed by atoms with Crippen molar-refractivity contribution in [1.82, 2.24) is 16.0 Å². The van der Waals surface area contributed by atoms with Crippen LogP contribution in [0, 0.1) is 0 Å². The Balaban J connectivity index is 1.88. The van der Waals surface area contributed by atoms with Crippen LogP contribution in [-0.4, -0.2) is 61.2 Å². The molecule has 1 unspecified atom stereocenters. The van der Waals surface area contributed by atoms with Crippen molar-refractivity contribution in [3.63, 3.8) is 0 Å². The Morgan fingerprint density at radius 3 is 2.49 bits per heavy atom. The lowest BCUT2D eigenvalue weighted by Crippen LogP contribution is -2.46. The number of aliphatic hydroxyl groups is 1. The van der Waals surface area contributed by atoms with Crippen molar-refractivity contribution < 1.29 is 24.2 Å². The largest absolute Gasteiger partial charge is 0.444 e. The maximum atomic E-state index is 12.9. The molecule has 0 bridgehead atoms. The molecule has 2 rings (SSSR count). The number of carbonyl (C=O) groups excluding carboxylic acids is 2. The quantitative estimate of drug-likeness (QED) is 0.304. The van der Waals surface area contributed by atoms with Gasteiger partial charge in [0, 0.05) is 26.2 Å². The highest BCUT2D eigenvalue weighted by Gasteiger charge is 2.19. The third-order valence-electron chi connectivity index (χ3n) is 5.30. The average Bonchev–Trinajstić information content (AvgIpc) is 2.81. The second-order valence-corrected chi connectivity index (χ2v) is 9.60. The van der Waals surface area contributed by atoms with Gasteiger partial charge < -0.3 is 30.5 Å². The molecule has 0 heterocycles. The summed E-state index contributed by atoms with van der Waals surface area (Å²) in [6.07, 6.45) is 0.854. The number of carbonyl (C=O) groups is 2. The van der Waals surface area contributed by atoms with Gasteiger partial charge in [-0.25, -0.2) is 4.79 Å². The van der Waals surface area contributed by atoms with Crippen LogP contribution in [0.4, 0.5) is 4.79 Å². The maximum absolute atomic E-state index is 12.9. The van der Waals surface area contributed by atoms with Crippen molar-refractivity contribution in [2.45, 2.75) is 71.2 Å². The minimum Gasteiger partial charge on any atom is -0.444 e. The molecule has 0 saturated heterocycles. The standard InChI is InChI=1S/C27H41N3O5/c1-5-34-19-23(31)18-30-25(32)24(12-8-9-15-28-26(33)35-27(2,3)4)29-17-20-13-14-21-10-6-7-11-22(21)16-20/h6-7,10-11,13-14,16,23-24,29,31H,5,8-9,12,15,17-19H2,1-4H3,(H,28,33)(H,30,32)/t23?,24-/m0/s1. The zero-order valence-electron chi connectivity index (χ0n) is 21.4. The van der Waals surface area contributed by atoms with Gasteiger partial charge in [-0.2, -0.15) is 0 Å². The maximum Gasteiger partial charge on any atom is 0.407 e. The van der Waals surface area contributed by atoms with E-state index in [1.807, 2.05) is 39.8 Å². The summed E-state index contributed by atoms with van der Waals surface area (Å²) in [4.78, 5) is 24.7. The second-order valence-electron chi connectivity index (χ2n) is 9.60. The molecular weight excluding hydrogens is 446 g/mol. The SMILES string of the molecule is CCOCC(O)CNC(=O)[C@H](CCCCNC(=O)OC(C)(C)C)NCc1ccc2ccccc2c1. The lowest BCUT2D eigenvalue weighted by Gasteiger charge is -2.21. The van der Waals surface area contributed by atoms with Crippen molar-refractivity contribution in [2.75, 3.05) is 26.3 Å². The third-order valence-corrected chi connectivity index (χ3v) is 5.30. The number of rotatable bonds is 14. The summed E-state index contributed by atoms with van der Waals surface area (Å²) in [5.41, 5.74) is 0.552. The molecule has 0 radical (unpaired) electrons. The molecule has 4 N–H and O–H groups in total. The van der Waals surface area contributed by atoms with Crippen LogP contribution in [0.2, 0.25) is 0 Å². The molecule has 0 aromatic heterocycles. The van der Waals surface area contributed by atoms with Gasteiger partial charge in [0.2, 0.25) is 5.91 Å². The first-order chi connectivity index (χ1) is 16.7. The number of hydrogen-bond donors (Lipinski definition) is 4. The lowest BCUT2D eigenvalue weighted by atomic mass is 10.1. The third kappa shape index (κ3) is 11.5. The predicted molar refractivity (Wildman–Crippen MR) is 138 cm³/mol. The molecule has 2 amide bonds. The first-order valence-corrected chi connectivity index (χ1v) is 12.4. The fraction of sp³-hybridized carbons (Fsp3) is 0.556. The summed E-state index contributed by atoms with van der Waals surface area (Å²) >= 11 is 0. The summed E-state index contributed by atoms with van der Waals surface area (Å²) < 4.78 is 10.5. The van der Waals surface area contributed by atoms with Gasteiger partial charge in [0.1, 0.15) is 5.60 Å². The Morgan fingerprint density at radius 2 is 1.77 bits per heavy atom. The van der Waals surface area contributed by atoms with Crippen molar-refractivity contribution >= 4 is 22.8 Å². The number of aliphatic hydroxyl groups excluding tert-OH is 1. The number of hydrogen-bond acceptors (Lipinski definition) is 6. The normalized spacial score (nSPS) is 13.3. The molecule has 35 heavy (non-hydrogen) atoms. The summed E-state index contributed by atoms with van der Waals surface area (Å²) in [5.74, 6) is -0.165. The first kappa shape index (κ1) is 28.6. The van der Waals surface area contributed by atoms with Gasteiger partial charge in [0.15, 0.2) is 0 Å². The molecule has 0 aliphatic rings. The first-order valence-electron chi connectivity index (χ1n) is 12.4. The van der Waals surface area contributed by atoms with Gasteiger partial charge in [-0.05, 0) is 69.4 Å². The summed E-state index contributed by atoms with van der Waals surface area (Å²) in [6, 6.07) is 14.0. The molecule has 2 atom stereocenters. The Kier molecular flexibility index (Phi) is 12.0. The van der Waals surface area contributed by atoms with Crippen LogP contribution in [0.25, 0.3) is 10.8 Å². The van der Waals surface area contributed by atoms with E-state index in [-0.39, 0.29) is 19.1 Å². The molecule has 0 saturated carbocycles. The van der Waals surface area contributed by atoms with E-state index in [2.05, 4.69) is 46.3 Å². The number of ether oxygens (including phenoxy) is 2. The highest BCUT2D eigenvalue weighted by atomic mass is 16.6. The molecule has 0 aliphatic carbocycles. The van der Waals surface area contributed by atoms with Crippen molar-refractivity contribution in [2.24, 2.45) is 0 Å². The van der Waals surface area contributed by atoms with Crippen LogP contribution >= 0.6 is 0 Å². The Bertz CT molecular complexity index is 928. The summed E-state index contributed by atoms with van der Waals surface area (Å²) in [7, 11) is 0. The van der Waals surface area contributed by atoms with E-state index in [1.165, 1.54) is 5.39 Å². The number of nitrogens with one attached hydrogen (secondary N) is 3. The van der Waals surface area contributed by atoms with Gasteiger partial charge >= 0.3 is 6.09 Å². The van der Waals surface area contributed by atoms with Crippen molar-refractivity contribution in [3.05, 3.63) is 48.0 Å². The average molecular weight is 488 g/mol. The predicted octanol–water partition coefficient (Wildman–Crippen LogP) is 3.51. The number of fused-ring (bicyclic) bond motifs is 1. The van der Waals surface area contributed by atoms with Crippen molar-refractivity contribution in [1.29, 1.82) is 0 Å². The minimum absolute atomic E-state index is 0.132. The van der Waals surface area contributed by atoms with E-state index >= 15 is 0 Å². The molecule has 8 heteroatoms. The van der Waals surface area contributed by atoms with Gasteiger partial charge in [-0.1, -0.05) is 36.4 Å². The van der Waals surface area contributed by atoms with Gasteiger partial charge in [0.25, 0.3) is 0 Å². The highest BCUT2D eigenvalue weighted by molar-refractivity contribution is 5.83. The van der Waals surface area contributed by atoms with Crippen LogP contribution in [0.3, 0.4) is 0 Å². The topological polar surface area (TPSA) is 109 Å². The fourth-order valence-electron chi connectivity index (χ4n) is 3.55. The van der Waals surface area contributed by atoms with E-state index in [0.29, 0.717) is 32.5 Å². The second kappa shape index (κ2) is 14.7. The molecule has 2 aromatic carbocycles. The van der Waals surface area contributed by atoms with Crippen LogP contribution < -0.4 is 16.0 Å². The smallest absolute Gasteiger partial charge is 0.407 e. The highest BCUT2D eigenvalue weighted by Crippen LogP contribution is 2.16. The Morgan fingerprint density at radius 1 is 1.03 bits per heavy atom. The molecule has 0 spiro atoms. The molecule has 0 aliphatic heterocycles. The number of alkyl carbamates (subject to hydrolysis) is 1. The summed E-state index contributed by atoms with van der Waals surface area (Å²) in [6.45, 7) is 9.16. The monoisotopic (exact) mass is 487 g/mol. The molecular formula is C27H41N3O5. The Hall–Kier alpha value is -2.68. The molecule has 8 nitrogen and oxygen atoms in total. The van der Waals surface area contributed by atoms with E-state index in [9.17, 15) is 14.7 Å². The zero-order chi connectivity index (χ0) is 25.7. The number of unbranched alkanes of at least 4 members (excludes halogenated alkanes) is 1. The zero-order valence-corrected chi connectivity index (χ0v) is 21.4. The van der Waals surface area contributed by atoms with Gasteiger partial charge in [-0.3, -0.25) is 4.79 Å². The van der Waals surface area contributed by atoms with Gasteiger partial charge in [0.05, 0.1) is 18.8 Å². The van der Waals surface area contributed by atoms with E-state index in [1.54, 1.807) is 0 Å². The molecule has 2 aromatic rings. The van der Waals surface area contributed by atoms with Crippen LogP contribution in [0.5, 0.6) is 0 Å². The van der Waals surface area contributed by atoms with Crippen LogP contribution in [0.15, 0.2) is 42.5 Å². The van der Waals surface area contributed by atoms with Crippen LogP contribution in [-0.2, 0) is 20.8 Å². The Labute approximate surface area is 208 Å². The van der Waals surface area contributed by atoms with Gasteiger partial charge in [-0.15, -0.1) is 0 Å². The molecule has 0 fully saturated rings. The van der Waals surface area contributed by atoms with Crippen molar-refractivity contribution in [3.8, 4) is 0 Å². The lowest BCUT2D eigenvalue weighted by molar-refractivity contribution is -0.124. The van der Waals surface area contributed by atoms with E-state index in [0.717, 1.165) is 17.4 Å². The fourth-order valence-corrected chi connectivity index (χ4v) is 3.55. The number of amides is 2. The van der Waals surface area contributed by atoms with E-state index < -0.39 is 23.8 Å². The minimum atomic E-state index is -0.752. The molecule has 194 valence electrons. The van der Waals surface area contributed by atoms with E-state index in [4.69, 9.17) is 9.47 Å². The number of benzene rings is 2.